The number of pyridine rings is 1. The second kappa shape index (κ2) is 9.32. The predicted molar refractivity (Wildman–Crippen MR) is 119 cm³/mol. The Morgan fingerprint density at radius 1 is 0.967 bits per heavy atom. The minimum Gasteiger partial charge on any atom is -0.350 e. The summed E-state index contributed by atoms with van der Waals surface area (Å²) >= 11 is 1.43. The molecule has 0 spiro atoms. The molecule has 156 valence electrons. The van der Waals surface area contributed by atoms with Gasteiger partial charge in [-0.15, -0.1) is 0 Å². The van der Waals surface area contributed by atoms with E-state index in [0.29, 0.717) is 11.3 Å². The van der Waals surface area contributed by atoms with E-state index in [1.807, 2.05) is 32.9 Å². The Labute approximate surface area is 181 Å². The lowest BCUT2D eigenvalue weighted by atomic mass is 10.2. The summed E-state index contributed by atoms with van der Waals surface area (Å²) in [4.78, 5) is 17.4. The quantitative estimate of drug-likeness (QED) is 0.564. The van der Waals surface area contributed by atoms with Crippen molar-refractivity contribution in [3.63, 3.8) is 0 Å². The number of hydrogen-bond acceptors (Lipinski definition) is 5. The molecule has 0 saturated carbocycles. The molecule has 2 aromatic carbocycles. The van der Waals surface area contributed by atoms with Gasteiger partial charge in [0.25, 0.3) is 15.9 Å². The number of nitrogens with zero attached hydrogens (tertiary/aromatic N) is 1. The fraction of sp³-hybridized carbons (Fsp3) is 0.182. The van der Waals surface area contributed by atoms with E-state index in [0.717, 1.165) is 15.5 Å². The molecule has 0 aliphatic heterocycles. The third-order valence-corrected chi connectivity index (χ3v) is 6.43. The molecule has 1 aromatic heterocycles. The maximum Gasteiger partial charge on any atom is 0.261 e. The Balaban J connectivity index is 1.64. The van der Waals surface area contributed by atoms with E-state index in [4.69, 9.17) is 0 Å². The van der Waals surface area contributed by atoms with Crippen LogP contribution >= 0.6 is 11.8 Å². The van der Waals surface area contributed by atoms with Gasteiger partial charge in [0.15, 0.2) is 0 Å². The highest BCUT2D eigenvalue weighted by Gasteiger charge is 2.14. The van der Waals surface area contributed by atoms with Crippen molar-refractivity contribution < 1.29 is 13.2 Å². The average Bonchev–Trinajstić information content (AvgIpc) is 2.69. The topological polar surface area (TPSA) is 88.2 Å². The Morgan fingerprint density at radius 3 is 2.20 bits per heavy atom. The molecule has 3 rings (SSSR count). The van der Waals surface area contributed by atoms with Crippen molar-refractivity contribution in [3.8, 4) is 0 Å². The number of benzene rings is 2. The molecular formula is C22H23N3O3S2. The lowest BCUT2D eigenvalue weighted by Crippen LogP contribution is -2.30. The van der Waals surface area contributed by atoms with Gasteiger partial charge in [-0.2, -0.15) is 0 Å². The standard InChI is InChI=1S/C22H23N3O3S2/c1-15(2)24-22(26)17-6-13-21(23-14-17)29-19-9-7-18(8-10-19)25-30(27,28)20-11-4-16(3)5-12-20/h4-15,25H,1-3H3,(H,24,26). The lowest BCUT2D eigenvalue weighted by molar-refractivity contribution is 0.0942. The summed E-state index contributed by atoms with van der Waals surface area (Å²) in [5.74, 6) is -0.153. The Hall–Kier alpha value is -2.84. The summed E-state index contributed by atoms with van der Waals surface area (Å²) < 4.78 is 27.6. The third kappa shape index (κ3) is 5.84. The van der Waals surface area contributed by atoms with Crippen molar-refractivity contribution in [1.82, 2.24) is 10.3 Å². The van der Waals surface area contributed by atoms with Gasteiger partial charge in [-0.3, -0.25) is 9.52 Å². The Morgan fingerprint density at radius 2 is 1.63 bits per heavy atom. The number of nitrogens with one attached hydrogen (secondary N) is 2. The Kier molecular flexibility index (Phi) is 6.79. The second-order valence-electron chi connectivity index (χ2n) is 7.06. The highest BCUT2D eigenvalue weighted by Crippen LogP contribution is 2.27. The molecular weight excluding hydrogens is 418 g/mol. The third-order valence-electron chi connectivity index (χ3n) is 4.08. The second-order valence-corrected chi connectivity index (χ2v) is 9.83. The van der Waals surface area contributed by atoms with Crippen LogP contribution in [0.2, 0.25) is 0 Å². The van der Waals surface area contributed by atoms with E-state index >= 15 is 0 Å². The van der Waals surface area contributed by atoms with Crippen molar-refractivity contribution in [2.75, 3.05) is 4.72 Å². The van der Waals surface area contributed by atoms with Gasteiger partial charge in [0.05, 0.1) is 10.5 Å². The van der Waals surface area contributed by atoms with Gasteiger partial charge in [0.2, 0.25) is 0 Å². The maximum atomic E-state index is 12.5. The Bertz CT molecular complexity index is 1110. The molecule has 0 saturated heterocycles. The van der Waals surface area contributed by atoms with Crippen LogP contribution in [0.5, 0.6) is 0 Å². The molecule has 6 nitrogen and oxygen atoms in total. The van der Waals surface area contributed by atoms with Crippen molar-refractivity contribution >= 4 is 33.4 Å². The van der Waals surface area contributed by atoms with E-state index in [2.05, 4.69) is 15.0 Å². The zero-order chi connectivity index (χ0) is 21.7. The summed E-state index contributed by atoms with van der Waals surface area (Å²) in [7, 11) is -3.63. The number of amides is 1. The van der Waals surface area contributed by atoms with Crippen molar-refractivity contribution in [3.05, 3.63) is 78.0 Å². The molecule has 1 heterocycles. The van der Waals surface area contributed by atoms with Crippen molar-refractivity contribution in [1.29, 1.82) is 0 Å². The van der Waals surface area contributed by atoms with Gasteiger partial charge >= 0.3 is 0 Å². The first-order valence-corrected chi connectivity index (χ1v) is 11.7. The number of anilines is 1. The van der Waals surface area contributed by atoms with Crippen LogP contribution in [0.3, 0.4) is 0 Å². The number of aromatic nitrogens is 1. The minimum atomic E-state index is -3.63. The summed E-state index contributed by atoms with van der Waals surface area (Å²) in [6, 6.07) is 17.3. The van der Waals surface area contributed by atoms with Gasteiger partial charge in [-0.1, -0.05) is 29.5 Å². The number of rotatable bonds is 7. The lowest BCUT2D eigenvalue weighted by Gasteiger charge is -2.10. The monoisotopic (exact) mass is 441 g/mol. The smallest absolute Gasteiger partial charge is 0.261 e. The van der Waals surface area contributed by atoms with Gasteiger partial charge in [-0.25, -0.2) is 13.4 Å². The SMILES string of the molecule is Cc1ccc(S(=O)(=O)Nc2ccc(Sc3ccc(C(=O)NC(C)C)cn3)cc2)cc1. The minimum absolute atomic E-state index is 0.0634. The molecule has 2 N–H and O–H groups in total. The van der Waals surface area contributed by atoms with Crippen LogP contribution in [-0.2, 0) is 10.0 Å². The fourth-order valence-electron chi connectivity index (χ4n) is 2.56. The molecule has 0 radical (unpaired) electrons. The van der Waals surface area contributed by atoms with Crippen molar-refractivity contribution in [2.45, 2.75) is 41.6 Å². The average molecular weight is 442 g/mol. The van der Waals surface area contributed by atoms with E-state index in [-0.39, 0.29) is 16.8 Å². The zero-order valence-electron chi connectivity index (χ0n) is 16.9. The number of carbonyl (C=O) groups excluding carboxylic acids is 1. The first-order chi connectivity index (χ1) is 14.2. The highest BCUT2D eigenvalue weighted by molar-refractivity contribution is 7.99. The molecule has 0 fully saturated rings. The number of aryl methyl sites for hydroxylation is 1. The molecule has 1 amide bonds. The fourth-order valence-corrected chi connectivity index (χ4v) is 4.38. The van der Waals surface area contributed by atoms with E-state index in [1.165, 1.54) is 11.8 Å². The van der Waals surface area contributed by atoms with Crippen LogP contribution in [0.4, 0.5) is 5.69 Å². The molecule has 3 aromatic rings. The number of hydrogen-bond donors (Lipinski definition) is 2. The predicted octanol–water partition coefficient (Wildman–Crippen LogP) is 4.48. The van der Waals surface area contributed by atoms with E-state index < -0.39 is 10.0 Å². The highest BCUT2D eigenvalue weighted by atomic mass is 32.2. The largest absolute Gasteiger partial charge is 0.350 e. The molecule has 30 heavy (non-hydrogen) atoms. The van der Waals surface area contributed by atoms with Crippen LogP contribution in [0.15, 0.2) is 81.7 Å². The summed E-state index contributed by atoms with van der Waals surface area (Å²) in [5.41, 5.74) is 1.99. The molecule has 8 heteroatoms. The van der Waals surface area contributed by atoms with E-state index in [1.54, 1.807) is 54.7 Å². The van der Waals surface area contributed by atoms with Crippen LogP contribution in [0, 0.1) is 6.92 Å². The van der Waals surface area contributed by atoms with Gasteiger partial charge < -0.3 is 5.32 Å². The zero-order valence-corrected chi connectivity index (χ0v) is 18.5. The first kappa shape index (κ1) is 21.9. The van der Waals surface area contributed by atoms with E-state index in [9.17, 15) is 13.2 Å². The molecule has 0 atom stereocenters. The first-order valence-electron chi connectivity index (χ1n) is 9.37. The van der Waals surface area contributed by atoms with Crippen LogP contribution in [-0.4, -0.2) is 25.4 Å². The molecule has 0 aliphatic rings. The van der Waals surface area contributed by atoms with Gasteiger partial charge in [0, 0.05) is 22.8 Å². The number of sulfonamides is 1. The van der Waals surface area contributed by atoms with Crippen LogP contribution in [0.1, 0.15) is 29.8 Å². The van der Waals surface area contributed by atoms with Crippen LogP contribution in [0.25, 0.3) is 0 Å². The van der Waals surface area contributed by atoms with Crippen LogP contribution < -0.4 is 10.0 Å². The van der Waals surface area contributed by atoms with Crippen molar-refractivity contribution in [2.24, 2.45) is 0 Å². The normalized spacial score (nSPS) is 11.3. The molecule has 0 bridgehead atoms. The summed E-state index contributed by atoms with van der Waals surface area (Å²) in [6.07, 6.45) is 1.55. The summed E-state index contributed by atoms with van der Waals surface area (Å²) in [5, 5.41) is 3.57. The van der Waals surface area contributed by atoms with Gasteiger partial charge in [0.1, 0.15) is 5.03 Å². The summed E-state index contributed by atoms with van der Waals surface area (Å²) in [6.45, 7) is 5.71. The number of carbonyl (C=O) groups is 1. The van der Waals surface area contributed by atoms with Gasteiger partial charge in [-0.05, 0) is 69.3 Å². The maximum absolute atomic E-state index is 12.5. The molecule has 0 aliphatic carbocycles. The molecule has 0 unspecified atom stereocenters.